The number of carbonyl (C=O) groups is 1. The topological polar surface area (TPSA) is 76.7 Å². The summed E-state index contributed by atoms with van der Waals surface area (Å²) in [6.07, 6.45) is 6.11. The van der Waals surface area contributed by atoms with Crippen molar-refractivity contribution in [3.8, 4) is 5.75 Å². The van der Waals surface area contributed by atoms with Crippen LogP contribution in [0.4, 0.5) is 0 Å². The highest BCUT2D eigenvalue weighted by atomic mass is 16.5. The summed E-state index contributed by atoms with van der Waals surface area (Å²) >= 11 is 0. The molecule has 0 aliphatic heterocycles. The van der Waals surface area contributed by atoms with Crippen LogP contribution in [0.25, 0.3) is 11.0 Å². The van der Waals surface area contributed by atoms with E-state index in [4.69, 9.17) is 9.15 Å². The Morgan fingerprint density at radius 1 is 1.23 bits per heavy atom. The number of ether oxygens (including phenoxy) is 1. The predicted octanol–water partition coefficient (Wildman–Crippen LogP) is 3.93. The van der Waals surface area contributed by atoms with Gasteiger partial charge in [-0.2, -0.15) is 0 Å². The summed E-state index contributed by atoms with van der Waals surface area (Å²) in [6, 6.07) is 4.62. The van der Waals surface area contributed by atoms with Crippen molar-refractivity contribution in [2.75, 3.05) is 0 Å². The van der Waals surface area contributed by atoms with Gasteiger partial charge in [0.05, 0.1) is 0 Å². The first-order valence-electron chi connectivity index (χ1n) is 9.47. The second kappa shape index (κ2) is 6.78. The Balaban J connectivity index is 1.49. The molecule has 1 heterocycles. The number of hydrogen-bond acceptors (Lipinski definition) is 5. The molecule has 2 aliphatic rings. The average Bonchev–Trinajstić information content (AvgIpc) is 3.22. The number of phenolic OH excluding ortho intramolecular Hbond substituents is 1. The van der Waals surface area contributed by atoms with Gasteiger partial charge in [-0.1, -0.05) is 13.3 Å². The second-order valence-corrected chi connectivity index (χ2v) is 7.72. The summed E-state index contributed by atoms with van der Waals surface area (Å²) < 4.78 is 10.7. The molecule has 2 aromatic rings. The van der Waals surface area contributed by atoms with Crippen molar-refractivity contribution >= 4 is 16.9 Å². The molecule has 0 amide bonds. The Kier molecular flexibility index (Phi) is 4.47. The van der Waals surface area contributed by atoms with Crippen LogP contribution in [0.15, 0.2) is 27.4 Å². The molecule has 1 N–H and O–H groups in total. The summed E-state index contributed by atoms with van der Waals surface area (Å²) in [7, 11) is 0. The van der Waals surface area contributed by atoms with Crippen molar-refractivity contribution < 1.29 is 19.1 Å². The van der Waals surface area contributed by atoms with Crippen molar-refractivity contribution in [2.24, 2.45) is 17.8 Å². The highest BCUT2D eigenvalue weighted by Crippen LogP contribution is 2.49. The molecule has 2 fully saturated rings. The largest absolute Gasteiger partial charge is 0.508 e. The van der Waals surface area contributed by atoms with Crippen LogP contribution in [0.1, 0.15) is 50.2 Å². The smallest absolute Gasteiger partial charge is 0.336 e. The van der Waals surface area contributed by atoms with Crippen LogP contribution in [-0.2, 0) is 22.6 Å². The van der Waals surface area contributed by atoms with Gasteiger partial charge in [0.2, 0.25) is 0 Å². The standard InChI is InChI=1S/C21H24O5/c1-2-13-7-17-16(9-21(24)26-19(17)10-18(13)22)11-25-20(23)8-15-6-12-3-4-14(15)5-12/h7,9-10,12,14-15,22H,2-6,8,11H2,1H3/t12-,14-,15-/m0/s1. The highest BCUT2D eigenvalue weighted by Gasteiger charge is 2.40. The highest BCUT2D eigenvalue weighted by molar-refractivity contribution is 5.83. The van der Waals surface area contributed by atoms with Crippen molar-refractivity contribution in [2.45, 2.75) is 52.1 Å². The van der Waals surface area contributed by atoms with Gasteiger partial charge in [-0.15, -0.1) is 0 Å². The van der Waals surface area contributed by atoms with E-state index < -0.39 is 5.63 Å². The minimum Gasteiger partial charge on any atom is -0.508 e. The Morgan fingerprint density at radius 2 is 2.08 bits per heavy atom. The molecule has 0 spiro atoms. The first-order chi connectivity index (χ1) is 12.5. The van der Waals surface area contributed by atoms with Gasteiger partial charge in [0.25, 0.3) is 0 Å². The lowest BCUT2D eigenvalue weighted by Gasteiger charge is -2.20. The first kappa shape index (κ1) is 17.1. The number of carbonyl (C=O) groups excluding carboxylic acids is 1. The quantitative estimate of drug-likeness (QED) is 0.649. The third-order valence-electron chi connectivity index (χ3n) is 6.11. The predicted molar refractivity (Wildman–Crippen MR) is 96.9 cm³/mol. The maximum atomic E-state index is 12.3. The van der Waals surface area contributed by atoms with Gasteiger partial charge in [-0.05, 0) is 55.1 Å². The summed E-state index contributed by atoms with van der Waals surface area (Å²) in [6.45, 7) is 1.99. The van der Waals surface area contributed by atoms with Gasteiger partial charge >= 0.3 is 11.6 Å². The fourth-order valence-corrected chi connectivity index (χ4v) is 4.77. The zero-order valence-corrected chi connectivity index (χ0v) is 15.0. The molecule has 1 aromatic heterocycles. The van der Waals surface area contributed by atoms with Crippen LogP contribution >= 0.6 is 0 Å². The van der Waals surface area contributed by atoms with Gasteiger partial charge in [0, 0.05) is 29.5 Å². The number of hydrogen-bond donors (Lipinski definition) is 1. The number of rotatable bonds is 5. The van der Waals surface area contributed by atoms with E-state index in [-0.39, 0.29) is 18.3 Å². The normalized spacial score (nSPS) is 24.3. The number of esters is 1. The lowest BCUT2D eigenvalue weighted by Crippen LogP contribution is -2.17. The molecule has 2 aliphatic carbocycles. The van der Waals surface area contributed by atoms with Gasteiger partial charge in [-0.25, -0.2) is 4.79 Å². The molecule has 5 heteroatoms. The van der Waals surface area contributed by atoms with E-state index in [0.717, 1.165) is 17.9 Å². The maximum Gasteiger partial charge on any atom is 0.336 e. The first-order valence-corrected chi connectivity index (χ1v) is 9.47. The molecule has 2 saturated carbocycles. The third kappa shape index (κ3) is 3.22. The van der Waals surface area contributed by atoms with Gasteiger partial charge in [0.15, 0.2) is 0 Å². The van der Waals surface area contributed by atoms with Crippen molar-refractivity contribution in [1.82, 2.24) is 0 Å². The SMILES string of the molecule is CCc1cc2c(COC(=O)C[C@@H]3C[C@H]4CC[C@H]3C4)cc(=O)oc2cc1O. The van der Waals surface area contributed by atoms with E-state index in [9.17, 15) is 14.7 Å². The van der Waals surface area contributed by atoms with E-state index in [0.29, 0.717) is 41.2 Å². The van der Waals surface area contributed by atoms with Crippen molar-refractivity contribution in [1.29, 1.82) is 0 Å². The van der Waals surface area contributed by atoms with Crippen LogP contribution in [0, 0.1) is 17.8 Å². The number of fused-ring (bicyclic) bond motifs is 3. The van der Waals surface area contributed by atoms with Crippen LogP contribution in [-0.4, -0.2) is 11.1 Å². The summed E-state index contributed by atoms with van der Waals surface area (Å²) in [4.78, 5) is 24.1. The van der Waals surface area contributed by atoms with E-state index in [1.165, 1.54) is 31.4 Å². The van der Waals surface area contributed by atoms with E-state index in [1.807, 2.05) is 6.92 Å². The third-order valence-corrected chi connectivity index (χ3v) is 6.11. The molecule has 2 bridgehead atoms. The molecule has 0 saturated heterocycles. The lowest BCUT2D eigenvalue weighted by molar-refractivity contribution is -0.146. The van der Waals surface area contributed by atoms with Crippen LogP contribution < -0.4 is 5.63 Å². The molecular formula is C21H24O5. The van der Waals surface area contributed by atoms with Crippen molar-refractivity contribution in [3.05, 3.63) is 39.7 Å². The minimum atomic E-state index is -0.514. The van der Waals surface area contributed by atoms with Crippen LogP contribution in [0.2, 0.25) is 0 Å². The molecule has 0 radical (unpaired) electrons. The molecular weight excluding hydrogens is 332 g/mol. The fourth-order valence-electron chi connectivity index (χ4n) is 4.77. The van der Waals surface area contributed by atoms with E-state index >= 15 is 0 Å². The summed E-state index contributed by atoms with van der Waals surface area (Å²) in [5.74, 6) is 1.86. The molecule has 138 valence electrons. The fraction of sp³-hybridized carbons (Fsp3) is 0.524. The molecule has 26 heavy (non-hydrogen) atoms. The Labute approximate surface area is 152 Å². The average molecular weight is 356 g/mol. The molecule has 0 unspecified atom stereocenters. The Bertz CT molecular complexity index is 897. The second-order valence-electron chi connectivity index (χ2n) is 7.72. The van der Waals surface area contributed by atoms with E-state index in [2.05, 4.69) is 0 Å². The molecule has 1 aromatic carbocycles. The van der Waals surface area contributed by atoms with Gasteiger partial charge < -0.3 is 14.3 Å². The monoisotopic (exact) mass is 356 g/mol. The van der Waals surface area contributed by atoms with Crippen LogP contribution in [0.3, 0.4) is 0 Å². The van der Waals surface area contributed by atoms with Gasteiger partial charge in [-0.3, -0.25) is 4.79 Å². The number of aryl methyl sites for hydroxylation is 1. The summed E-state index contributed by atoms with van der Waals surface area (Å²) in [5, 5.41) is 10.7. The molecule has 5 nitrogen and oxygen atoms in total. The van der Waals surface area contributed by atoms with Crippen LogP contribution in [0.5, 0.6) is 5.75 Å². The Morgan fingerprint density at radius 3 is 2.77 bits per heavy atom. The van der Waals surface area contributed by atoms with E-state index in [1.54, 1.807) is 6.07 Å². The number of aromatic hydroxyl groups is 1. The lowest BCUT2D eigenvalue weighted by atomic mass is 9.86. The molecule has 4 rings (SSSR count). The van der Waals surface area contributed by atoms with Gasteiger partial charge in [0.1, 0.15) is 17.9 Å². The maximum absolute atomic E-state index is 12.3. The van der Waals surface area contributed by atoms with Crippen molar-refractivity contribution in [3.63, 3.8) is 0 Å². The zero-order valence-electron chi connectivity index (χ0n) is 15.0. The minimum absolute atomic E-state index is 0.0513. The summed E-state index contributed by atoms with van der Waals surface area (Å²) in [5.41, 5.74) is 1.18. The Hall–Kier alpha value is -2.30. The number of benzene rings is 1. The number of phenols is 1. The zero-order chi connectivity index (χ0) is 18.3. The molecule has 3 atom stereocenters.